The zero-order valence-corrected chi connectivity index (χ0v) is 10.7. The molecule has 0 aliphatic rings. The van der Waals surface area contributed by atoms with Crippen LogP contribution in [-0.4, -0.2) is 40.6 Å². The van der Waals surface area contributed by atoms with Crippen LogP contribution in [0.25, 0.3) is 0 Å². The Morgan fingerprint density at radius 1 is 1.53 bits per heavy atom. The van der Waals surface area contributed by atoms with Crippen molar-refractivity contribution in [2.45, 2.75) is 19.8 Å². The smallest absolute Gasteiger partial charge is 0.257 e. The van der Waals surface area contributed by atoms with Gasteiger partial charge in [0.15, 0.2) is 0 Å². The molecule has 1 amide bonds. The summed E-state index contributed by atoms with van der Waals surface area (Å²) < 4.78 is 0. The van der Waals surface area contributed by atoms with Crippen molar-refractivity contribution in [1.29, 1.82) is 0 Å². The summed E-state index contributed by atoms with van der Waals surface area (Å²) in [5.74, 6) is -0.175. The number of aliphatic hydroxyl groups is 1. The van der Waals surface area contributed by atoms with Gasteiger partial charge >= 0.3 is 0 Å². The van der Waals surface area contributed by atoms with Gasteiger partial charge in [-0.1, -0.05) is 24.9 Å². The number of unbranched alkanes of at least 4 members (excludes halogenated alkanes) is 1. The largest absolute Gasteiger partial charge is 0.395 e. The van der Waals surface area contributed by atoms with Crippen LogP contribution in [0.4, 0.5) is 0 Å². The summed E-state index contributed by atoms with van der Waals surface area (Å²) in [6.45, 7) is 2.96. The number of pyridine rings is 1. The van der Waals surface area contributed by atoms with E-state index in [1.807, 2.05) is 0 Å². The molecular weight excluding hydrogens is 240 g/mol. The molecule has 1 aromatic rings. The maximum absolute atomic E-state index is 12.2. The first-order chi connectivity index (χ1) is 8.20. The van der Waals surface area contributed by atoms with Crippen molar-refractivity contribution in [3.05, 3.63) is 29.0 Å². The molecule has 5 heteroatoms. The minimum atomic E-state index is -0.175. The molecule has 1 N–H and O–H groups in total. The molecule has 0 spiro atoms. The second kappa shape index (κ2) is 7.25. The van der Waals surface area contributed by atoms with E-state index in [2.05, 4.69) is 11.9 Å². The van der Waals surface area contributed by atoms with Gasteiger partial charge < -0.3 is 10.0 Å². The van der Waals surface area contributed by atoms with Crippen LogP contribution in [0.3, 0.4) is 0 Å². The lowest BCUT2D eigenvalue weighted by Gasteiger charge is -2.21. The van der Waals surface area contributed by atoms with Crippen molar-refractivity contribution in [2.75, 3.05) is 19.7 Å². The van der Waals surface area contributed by atoms with E-state index in [9.17, 15) is 4.79 Å². The Labute approximate surface area is 106 Å². The monoisotopic (exact) mass is 256 g/mol. The fraction of sp³-hybridized carbons (Fsp3) is 0.500. The highest BCUT2D eigenvalue weighted by molar-refractivity contribution is 6.33. The number of carbonyl (C=O) groups is 1. The summed E-state index contributed by atoms with van der Waals surface area (Å²) in [6.07, 6.45) is 4.90. The highest BCUT2D eigenvalue weighted by atomic mass is 35.5. The van der Waals surface area contributed by atoms with E-state index in [0.717, 1.165) is 12.8 Å². The van der Waals surface area contributed by atoms with E-state index in [1.165, 1.54) is 6.20 Å². The van der Waals surface area contributed by atoms with Gasteiger partial charge in [0.1, 0.15) is 0 Å². The molecule has 0 radical (unpaired) electrons. The van der Waals surface area contributed by atoms with Crippen LogP contribution in [0.15, 0.2) is 18.5 Å². The first-order valence-corrected chi connectivity index (χ1v) is 6.08. The quantitative estimate of drug-likeness (QED) is 0.847. The summed E-state index contributed by atoms with van der Waals surface area (Å²) in [4.78, 5) is 17.7. The number of nitrogens with zero attached hydrogens (tertiary/aromatic N) is 2. The second-order valence-corrected chi connectivity index (χ2v) is 4.13. The van der Waals surface area contributed by atoms with E-state index >= 15 is 0 Å². The first-order valence-electron chi connectivity index (χ1n) is 5.70. The summed E-state index contributed by atoms with van der Waals surface area (Å²) in [7, 11) is 0. The maximum atomic E-state index is 12.2. The molecule has 0 atom stereocenters. The van der Waals surface area contributed by atoms with Crippen molar-refractivity contribution in [3.8, 4) is 0 Å². The van der Waals surface area contributed by atoms with Crippen LogP contribution in [0.2, 0.25) is 5.02 Å². The predicted molar refractivity (Wildman–Crippen MR) is 67.1 cm³/mol. The molecular formula is C12H17ClN2O2. The van der Waals surface area contributed by atoms with E-state index in [-0.39, 0.29) is 12.5 Å². The van der Waals surface area contributed by atoms with Crippen LogP contribution >= 0.6 is 11.6 Å². The number of aliphatic hydroxyl groups excluding tert-OH is 1. The number of rotatable bonds is 6. The first kappa shape index (κ1) is 13.9. The Bertz CT molecular complexity index is 371. The highest BCUT2D eigenvalue weighted by Gasteiger charge is 2.17. The van der Waals surface area contributed by atoms with Gasteiger partial charge in [-0.15, -0.1) is 0 Å². The summed E-state index contributed by atoms with van der Waals surface area (Å²) in [6, 6.07) is 1.59. The van der Waals surface area contributed by atoms with E-state index in [0.29, 0.717) is 23.7 Å². The van der Waals surface area contributed by atoms with Gasteiger partial charge in [-0.2, -0.15) is 0 Å². The molecule has 0 bridgehead atoms. The van der Waals surface area contributed by atoms with Gasteiger partial charge in [0, 0.05) is 25.5 Å². The lowest BCUT2D eigenvalue weighted by atomic mass is 10.2. The van der Waals surface area contributed by atoms with Crippen LogP contribution in [0, 0.1) is 0 Å². The minimum absolute atomic E-state index is 0.0483. The molecule has 94 valence electrons. The summed E-state index contributed by atoms with van der Waals surface area (Å²) >= 11 is 5.95. The third-order valence-corrected chi connectivity index (χ3v) is 2.77. The van der Waals surface area contributed by atoms with Crippen molar-refractivity contribution < 1.29 is 9.90 Å². The van der Waals surface area contributed by atoms with Gasteiger partial charge in [0.2, 0.25) is 0 Å². The van der Waals surface area contributed by atoms with Crippen molar-refractivity contribution in [2.24, 2.45) is 0 Å². The lowest BCUT2D eigenvalue weighted by Crippen LogP contribution is -2.34. The fourth-order valence-electron chi connectivity index (χ4n) is 1.49. The Hall–Kier alpha value is -1.13. The highest BCUT2D eigenvalue weighted by Crippen LogP contribution is 2.16. The number of carbonyl (C=O) groups excluding carboxylic acids is 1. The number of amides is 1. The summed E-state index contributed by atoms with van der Waals surface area (Å²) in [5, 5.41) is 9.35. The molecule has 0 aromatic carbocycles. The zero-order valence-electron chi connectivity index (χ0n) is 9.90. The Morgan fingerprint density at radius 2 is 2.29 bits per heavy atom. The van der Waals surface area contributed by atoms with Crippen molar-refractivity contribution in [1.82, 2.24) is 9.88 Å². The van der Waals surface area contributed by atoms with Gasteiger partial charge in [-0.3, -0.25) is 9.78 Å². The van der Waals surface area contributed by atoms with Crippen LogP contribution < -0.4 is 0 Å². The predicted octanol–water partition coefficient (Wildman–Crippen LogP) is 1.97. The van der Waals surface area contributed by atoms with Gasteiger partial charge in [-0.05, 0) is 12.5 Å². The van der Waals surface area contributed by atoms with Crippen molar-refractivity contribution >= 4 is 17.5 Å². The molecule has 1 aromatic heterocycles. The Balaban J connectivity index is 2.80. The average Bonchev–Trinajstić information content (AvgIpc) is 2.34. The normalized spacial score (nSPS) is 10.3. The van der Waals surface area contributed by atoms with E-state index in [1.54, 1.807) is 17.2 Å². The van der Waals surface area contributed by atoms with Gasteiger partial charge in [0.25, 0.3) is 5.91 Å². The van der Waals surface area contributed by atoms with Crippen molar-refractivity contribution in [3.63, 3.8) is 0 Å². The third-order valence-electron chi connectivity index (χ3n) is 2.44. The second-order valence-electron chi connectivity index (χ2n) is 3.72. The molecule has 17 heavy (non-hydrogen) atoms. The molecule has 0 unspecified atom stereocenters. The van der Waals surface area contributed by atoms with Crippen LogP contribution in [0.5, 0.6) is 0 Å². The number of hydrogen-bond donors (Lipinski definition) is 1. The lowest BCUT2D eigenvalue weighted by molar-refractivity contribution is 0.0719. The topological polar surface area (TPSA) is 53.4 Å². The molecule has 0 saturated carbocycles. The number of halogens is 1. The molecule has 0 aliphatic heterocycles. The Morgan fingerprint density at radius 3 is 2.88 bits per heavy atom. The van der Waals surface area contributed by atoms with E-state index in [4.69, 9.17) is 16.7 Å². The molecule has 0 saturated heterocycles. The molecule has 0 fully saturated rings. The van der Waals surface area contributed by atoms with Crippen LogP contribution in [0.1, 0.15) is 30.1 Å². The van der Waals surface area contributed by atoms with Crippen LogP contribution in [-0.2, 0) is 0 Å². The summed E-state index contributed by atoms with van der Waals surface area (Å²) in [5.41, 5.74) is 0.388. The molecule has 1 heterocycles. The Kier molecular flexibility index (Phi) is 5.94. The zero-order chi connectivity index (χ0) is 12.7. The van der Waals surface area contributed by atoms with Gasteiger partial charge in [-0.25, -0.2) is 0 Å². The fourth-order valence-corrected chi connectivity index (χ4v) is 1.68. The molecule has 4 nitrogen and oxygen atoms in total. The SMILES string of the molecule is CCCCN(CCO)C(=O)c1cnccc1Cl. The molecule has 0 aliphatic carbocycles. The minimum Gasteiger partial charge on any atom is -0.395 e. The van der Waals surface area contributed by atoms with E-state index < -0.39 is 0 Å². The maximum Gasteiger partial charge on any atom is 0.257 e. The van der Waals surface area contributed by atoms with Gasteiger partial charge in [0.05, 0.1) is 17.2 Å². The molecule has 1 rings (SSSR count). The number of aromatic nitrogens is 1. The average molecular weight is 257 g/mol. The standard InChI is InChI=1S/C12H17ClN2O2/c1-2-3-6-15(7-8-16)12(17)10-9-14-5-4-11(10)13/h4-5,9,16H,2-3,6-8H2,1H3. The third kappa shape index (κ3) is 3.98. The number of hydrogen-bond acceptors (Lipinski definition) is 3.